The number of halogens is 4. The van der Waals surface area contributed by atoms with Crippen LogP contribution in [0, 0.1) is 5.82 Å². The second kappa shape index (κ2) is 6.78. The largest absolute Gasteiger partial charge is 0.417 e. The van der Waals surface area contributed by atoms with Crippen molar-refractivity contribution in [2.45, 2.75) is 18.6 Å². The van der Waals surface area contributed by atoms with Crippen LogP contribution in [0.1, 0.15) is 22.3 Å². The van der Waals surface area contributed by atoms with Crippen molar-refractivity contribution in [3.8, 4) is 0 Å². The van der Waals surface area contributed by atoms with Crippen molar-refractivity contribution < 1.29 is 27.2 Å². The van der Waals surface area contributed by atoms with Crippen molar-refractivity contribution in [2.24, 2.45) is 0 Å². The minimum Gasteiger partial charge on any atom is -0.340 e. The van der Waals surface area contributed by atoms with Crippen LogP contribution in [0.15, 0.2) is 48.5 Å². The average molecular weight is 366 g/mol. The number of benzene rings is 2. The molecule has 1 unspecified atom stereocenters. The molecule has 1 heterocycles. The summed E-state index contributed by atoms with van der Waals surface area (Å²) in [7, 11) is 0. The molecule has 1 atom stereocenters. The third kappa shape index (κ3) is 3.54. The van der Waals surface area contributed by atoms with Gasteiger partial charge in [0.05, 0.1) is 11.1 Å². The van der Waals surface area contributed by atoms with Crippen LogP contribution < -0.4 is 10.2 Å². The van der Waals surface area contributed by atoms with E-state index < -0.39 is 41.0 Å². The number of rotatable bonds is 3. The monoisotopic (exact) mass is 366 g/mol. The first-order chi connectivity index (χ1) is 12.3. The zero-order valence-corrected chi connectivity index (χ0v) is 13.4. The molecule has 3 rings (SSSR count). The second-order valence-electron chi connectivity index (χ2n) is 5.82. The Balaban J connectivity index is 1.75. The highest BCUT2D eigenvalue weighted by Crippen LogP contribution is 2.32. The van der Waals surface area contributed by atoms with Gasteiger partial charge in [-0.3, -0.25) is 9.59 Å². The van der Waals surface area contributed by atoms with E-state index in [0.29, 0.717) is 5.69 Å². The number of carbonyl (C=O) groups excluding carboxylic acids is 2. The van der Waals surface area contributed by atoms with Gasteiger partial charge in [-0.1, -0.05) is 12.1 Å². The van der Waals surface area contributed by atoms with Gasteiger partial charge in [-0.05, 0) is 42.8 Å². The molecule has 0 bridgehead atoms. The summed E-state index contributed by atoms with van der Waals surface area (Å²) in [6, 6.07) is 8.72. The molecule has 2 amide bonds. The molecule has 0 saturated carbocycles. The van der Waals surface area contributed by atoms with Crippen LogP contribution in [0.25, 0.3) is 0 Å². The maximum absolute atomic E-state index is 13.0. The number of anilines is 1. The highest BCUT2D eigenvalue weighted by atomic mass is 19.4. The van der Waals surface area contributed by atoms with Gasteiger partial charge < -0.3 is 10.2 Å². The minimum absolute atomic E-state index is 0.246. The van der Waals surface area contributed by atoms with Crippen LogP contribution in [-0.4, -0.2) is 24.4 Å². The summed E-state index contributed by atoms with van der Waals surface area (Å²) in [4.78, 5) is 26.1. The summed E-state index contributed by atoms with van der Waals surface area (Å²) >= 11 is 0. The standard InChI is InChI=1S/C18H14F4N2O2/c19-11-5-7-12(8-6-11)24-10-9-15(17(24)26)23-16(25)13-3-1-2-4-14(13)18(20,21)22/h1-8,15H,9-10H2,(H,23,25). The fraction of sp³-hybridized carbons (Fsp3) is 0.222. The molecule has 2 aromatic rings. The minimum atomic E-state index is -4.67. The van der Waals surface area contributed by atoms with E-state index in [0.717, 1.165) is 12.1 Å². The van der Waals surface area contributed by atoms with E-state index in [9.17, 15) is 27.2 Å². The number of hydrogen-bond donors (Lipinski definition) is 1. The van der Waals surface area contributed by atoms with Gasteiger partial charge >= 0.3 is 6.18 Å². The van der Waals surface area contributed by atoms with E-state index in [1.54, 1.807) is 0 Å². The molecule has 1 aliphatic heterocycles. The third-order valence-corrected chi connectivity index (χ3v) is 4.13. The number of carbonyl (C=O) groups is 2. The highest BCUT2D eigenvalue weighted by molar-refractivity contribution is 6.04. The Morgan fingerprint density at radius 1 is 1.08 bits per heavy atom. The van der Waals surface area contributed by atoms with Gasteiger partial charge in [-0.15, -0.1) is 0 Å². The molecular formula is C18H14F4N2O2. The first-order valence-electron chi connectivity index (χ1n) is 7.81. The van der Waals surface area contributed by atoms with Crippen molar-refractivity contribution in [3.05, 3.63) is 65.5 Å². The van der Waals surface area contributed by atoms with E-state index >= 15 is 0 Å². The molecule has 0 aromatic heterocycles. The molecule has 1 saturated heterocycles. The number of alkyl halides is 3. The zero-order chi connectivity index (χ0) is 18.9. The number of nitrogens with zero attached hydrogens (tertiary/aromatic N) is 1. The molecule has 8 heteroatoms. The predicted molar refractivity (Wildman–Crippen MR) is 86.1 cm³/mol. The van der Waals surface area contributed by atoms with E-state index in [1.807, 2.05) is 0 Å². The van der Waals surface area contributed by atoms with Gasteiger partial charge in [0.1, 0.15) is 11.9 Å². The van der Waals surface area contributed by atoms with Gasteiger partial charge in [0.2, 0.25) is 5.91 Å². The molecule has 0 radical (unpaired) electrons. The molecule has 0 spiro atoms. The molecule has 1 N–H and O–H groups in total. The van der Waals surface area contributed by atoms with Gasteiger partial charge in [0, 0.05) is 12.2 Å². The lowest BCUT2D eigenvalue weighted by atomic mass is 10.1. The van der Waals surface area contributed by atoms with E-state index in [-0.39, 0.29) is 13.0 Å². The smallest absolute Gasteiger partial charge is 0.340 e. The van der Waals surface area contributed by atoms with Gasteiger partial charge in [-0.25, -0.2) is 4.39 Å². The molecule has 4 nitrogen and oxygen atoms in total. The maximum Gasteiger partial charge on any atom is 0.417 e. The van der Waals surface area contributed by atoms with Crippen molar-refractivity contribution in [3.63, 3.8) is 0 Å². The Kier molecular flexibility index (Phi) is 4.67. The number of amides is 2. The van der Waals surface area contributed by atoms with Crippen molar-refractivity contribution >= 4 is 17.5 Å². The topological polar surface area (TPSA) is 49.4 Å². The Morgan fingerprint density at radius 3 is 2.38 bits per heavy atom. The molecule has 26 heavy (non-hydrogen) atoms. The van der Waals surface area contributed by atoms with Crippen LogP contribution in [0.3, 0.4) is 0 Å². The van der Waals surface area contributed by atoms with Crippen LogP contribution >= 0.6 is 0 Å². The van der Waals surface area contributed by atoms with Crippen molar-refractivity contribution in [1.29, 1.82) is 0 Å². The Bertz CT molecular complexity index is 834. The first kappa shape index (κ1) is 17.9. The maximum atomic E-state index is 13.0. The molecule has 1 aliphatic rings. The van der Waals surface area contributed by atoms with Crippen LogP contribution in [0.2, 0.25) is 0 Å². The Morgan fingerprint density at radius 2 is 1.73 bits per heavy atom. The highest BCUT2D eigenvalue weighted by Gasteiger charge is 2.37. The molecule has 2 aromatic carbocycles. The quantitative estimate of drug-likeness (QED) is 0.847. The van der Waals surface area contributed by atoms with Gasteiger partial charge in [-0.2, -0.15) is 13.2 Å². The number of nitrogens with one attached hydrogen (secondary N) is 1. The molecular weight excluding hydrogens is 352 g/mol. The van der Waals surface area contributed by atoms with Gasteiger partial charge in [0.25, 0.3) is 5.91 Å². The van der Waals surface area contributed by atoms with Crippen LogP contribution in [0.5, 0.6) is 0 Å². The fourth-order valence-electron chi connectivity index (χ4n) is 2.86. The summed E-state index contributed by atoms with van der Waals surface area (Å²) in [5.41, 5.74) is -1.13. The summed E-state index contributed by atoms with van der Waals surface area (Å²) < 4.78 is 52.1. The lowest BCUT2D eigenvalue weighted by Crippen LogP contribution is -2.42. The van der Waals surface area contributed by atoms with Gasteiger partial charge in [0.15, 0.2) is 0 Å². The molecule has 136 valence electrons. The van der Waals surface area contributed by atoms with Crippen molar-refractivity contribution in [2.75, 3.05) is 11.4 Å². The predicted octanol–water partition coefficient (Wildman–Crippen LogP) is 3.38. The normalized spacial score (nSPS) is 17.5. The van der Waals surface area contributed by atoms with Crippen molar-refractivity contribution in [1.82, 2.24) is 5.32 Å². The van der Waals surface area contributed by atoms with E-state index in [2.05, 4.69) is 5.32 Å². The molecule has 0 aliphatic carbocycles. The zero-order valence-electron chi connectivity index (χ0n) is 13.4. The second-order valence-corrected chi connectivity index (χ2v) is 5.82. The van der Waals surface area contributed by atoms with E-state index in [1.165, 1.54) is 41.3 Å². The number of hydrogen-bond acceptors (Lipinski definition) is 2. The Labute approximate surface area is 146 Å². The van der Waals surface area contributed by atoms with Crippen LogP contribution in [0.4, 0.5) is 23.2 Å². The summed E-state index contributed by atoms with van der Waals surface area (Å²) in [5.74, 6) is -1.86. The lowest BCUT2D eigenvalue weighted by Gasteiger charge is -2.18. The third-order valence-electron chi connectivity index (χ3n) is 4.13. The van der Waals surface area contributed by atoms with Crippen LogP contribution in [-0.2, 0) is 11.0 Å². The fourth-order valence-corrected chi connectivity index (χ4v) is 2.86. The molecule has 1 fully saturated rings. The van der Waals surface area contributed by atoms with E-state index in [4.69, 9.17) is 0 Å². The SMILES string of the molecule is O=C(NC1CCN(c2ccc(F)cc2)C1=O)c1ccccc1C(F)(F)F. The summed E-state index contributed by atoms with van der Waals surface area (Å²) in [5, 5.41) is 2.36. The lowest BCUT2D eigenvalue weighted by molar-refractivity contribution is -0.137. The summed E-state index contributed by atoms with van der Waals surface area (Å²) in [6.45, 7) is 0.274. The summed E-state index contributed by atoms with van der Waals surface area (Å²) in [6.07, 6.45) is -4.43. The first-order valence-corrected chi connectivity index (χ1v) is 7.81. The Hall–Kier alpha value is -2.90. The average Bonchev–Trinajstić information content (AvgIpc) is 2.95.